The highest BCUT2D eigenvalue weighted by molar-refractivity contribution is 7.07. The molecule has 0 saturated carbocycles. The molecule has 6 rings (SSSR count). The molecule has 11 heteroatoms. The highest BCUT2D eigenvalue weighted by Crippen LogP contribution is 2.40. The summed E-state index contributed by atoms with van der Waals surface area (Å²) in [5, 5.41) is 2.92. The maximum Gasteiger partial charge on any atom is 0.271 e. The number of benzene rings is 4. The van der Waals surface area contributed by atoms with E-state index in [0.717, 1.165) is 27.5 Å². The maximum atomic E-state index is 14.5. The quantitative estimate of drug-likeness (QED) is 0.153. The number of thiazole rings is 1. The molecule has 1 atom stereocenters. The molecule has 0 bridgehead atoms. The van der Waals surface area contributed by atoms with Crippen molar-refractivity contribution in [3.63, 3.8) is 0 Å². The summed E-state index contributed by atoms with van der Waals surface area (Å²) < 4.78 is 19.7. The van der Waals surface area contributed by atoms with E-state index in [9.17, 15) is 9.59 Å². The van der Waals surface area contributed by atoms with Gasteiger partial charge in [0.1, 0.15) is 18.4 Å². The van der Waals surface area contributed by atoms with Gasteiger partial charge < -0.3 is 19.1 Å². The second kappa shape index (κ2) is 14.5. The van der Waals surface area contributed by atoms with E-state index in [0.29, 0.717) is 61.0 Å². The van der Waals surface area contributed by atoms with Crippen LogP contribution in [0.1, 0.15) is 43.5 Å². The average molecular weight is 717 g/mol. The van der Waals surface area contributed by atoms with Crippen molar-refractivity contribution in [3.8, 4) is 17.2 Å². The molecule has 2 heterocycles. The maximum absolute atomic E-state index is 14.5. The minimum Gasteiger partial charge on any atom is -0.496 e. The largest absolute Gasteiger partial charge is 0.496 e. The molecule has 0 saturated heterocycles. The van der Waals surface area contributed by atoms with Crippen LogP contribution in [0.2, 0.25) is 10.0 Å². The molecule has 1 aliphatic rings. The Morgan fingerprint density at radius 3 is 2.41 bits per heavy atom. The molecule has 8 nitrogen and oxygen atoms in total. The molecular weight excluding hydrogens is 681 g/mol. The third-order valence-corrected chi connectivity index (χ3v) is 10.2. The zero-order valence-electron chi connectivity index (χ0n) is 27.8. The monoisotopic (exact) mass is 715 g/mol. The van der Waals surface area contributed by atoms with Gasteiger partial charge in [0.15, 0.2) is 16.3 Å². The van der Waals surface area contributed by atoms with Crippen LogP contribution in [-0.2, 0) is 11.4 Å². The molecule has 252 valence electrons. The van der Waals surface area contributed by atoms with Crippen LogP contribution in [0.25, 0.3) is 16.8 Å². The van der Waals surface area contributed by atoms with E-state index in [2.05, 4.69) is 0 Å². The molecule has 49 heavy (non-hydrogen) atoms. The second-order valence-corrected chi connectivity index (χ2v) is 13.2. The molecule has 0 fully saturated rings. The van der Waals surface area contributed by atoms with Gasteiger partial charge in [-0.15, -0.1) is 0 Å². The summed E-state index contributed by atoms with van der Waals surface area (Å²) in [5.74, 6) is 1.43. The summed E-state index contributed by atoms with van der Waals surface area (Å²) in [6, 6.07) is 21.7. The van der Waals surface area contributed by atoms with Gasteiger partial charge in [-0.3, -0.25) is 14.2 Å². The van der Waals surface area contributed by atoms with Crippen LogP contribution in [0.5, 0.6) is 17.2 Å². The van der Waals surface area contributed by atoms with E-state index in [1.54, 1.807) is 48.0 Å². The zero-order chi connectivity index (χ0) is 34.8. The number of hydrogen-bond donors (Lipinski definition) is 0. The van der Waals surface area contributed by atoms with E-state index in [4.69, 9.17) is 42.4 Å². The van der Waals surface area contributed by atoms with Crippen LogP contribution in [0.3, 0.4) is 0 Å². The topological polar surface area (TPSA) is 82.4 Å². The predicted octanol–water partition coefficient (Wildman–Crippen LogP) is 7.16. The Balaban J connectivity index is 1.48. The van der Waals surface area contributed by atoms with E-state index >= 15 is 0 Å². The summed E-state index contributed by atoms with van der Waals surface area (Å²) in [7, 11) is 3.16. The summed E-state index contributed by atoms with van der Waals surface area (Å²) in [6.07, 6.45) is 1.80. The van der Waals surface area contributed by atoms with Crippen molar-refractivity contribution in [2.24, 2.45) is 4.99 Å². The van der Waals surface area contributed by atoms with Crippen molar-refractivity contribution < 1.29 is 19.0 Å². The number of allylic oxidation sites excluding steroid dienone is 1. The molecule has 0 spiro atoms. The number of rotatable bonds is 10. The van der Waals surface area contributed by atoms with Crippen LogP contribution < -0.4 is 29.1 Å². The van der Waals surface area contributed by atoms with Gasteiger partial charge in [0.05, 0.1) is 30.0 Å². The molecule has 4 aromatic carbocycles. The van der Waals surface area contributed by atoms with Crippen LogP contribution >= 0.6 is 34.5 Å². The molecule has 1 aliphatic heterocycles. The van der Waals surface area contributed by atoms with Gasteiger partial charge >= 0.3 is 0 Å². The summed E-state index contributed by atoms with van der Waals surface area (Å²) >= 11 is 13.6. The lowest BCUT2D eigenvalue weighted by atomic mass is 9.90. The summed E-state index contributed by atoms with van der Waals surface area (Å²) in [4.78, 5) is 35.8. The lowest BCUT2D eigenvalue weighted by Crippen LogP contribution is -2.43. The number of likely N-dealkylation sites (N-methyl/N-ethyl adjacent to an activating group) is 1. The lowest BCUT2D eigenvalue weighted by Gasteiger charge is -2.30. The molecule has 0 unspecified atom stereocenters. The first-order valence-electron chi connectivity index (χ1n) is 15.8. The van der Waals surface area contributed by atoms with E-state index in [-0.39, 0.29) is 18.1 Å². The highest BCUT2D eigenvalue weighted by atomic mass is 35.5. The highest BCUT2D eigenvalue weighted by Gasteiger charge is 2.36. The number of amides is 1. The van der Waals surface area contributed by atoms with Crippen LogP contribution in [0, 0.1) is 0 Å². The van der Waals surface area contributed by atoms with Crippen molar-refractivity contribution >= 4 is 57.3 Å². The number of nitrogens with zero attached hydrogens (tertiary/aromatic N) is 3. The predicted molar refractivity (Wildman–Crippen MR) is 196 cm³/mol. The number of carbonyl (C=O) groups is 1. The Bertz CT molecular complexity index is 2290. The second-order valence-electron chi connectivity index (χ2n) is 11.4. The van der Waals surface area contributed by atoms with E-state index in [1.165, 1.54) is 11.3 Å². The van der Waals surface area contributed by atoms with Crippen molar-refractivity contribution in [3.05, 3.63) is 130 Å². The van der Waals surface area contributed by atoms with Crippen LogP contribution in [-0.4, -0.2) is 42.7 Å². The third-order valence-electron chi connectivity index (χ3n) is 8.61. The summed E-state index contributed by atoms with van der Waals surface area (Å²) in [6.45, 7) is 6.97. The normalized spacial score (nSPS) is 14.4. The Morgan fingerprint density at radius 1 is 0.959 bits per heavy atom. The number of fused-ring (bicyclic) bond motifs is 2. The smallest absolute Gasteiger partial charge is 0.271 e. The van der Waals surface area contributed by atoms with Crippen LogP contribution in [0.4, 0.5) is 0 Å². The number of ether oxygens (including phenoxy) is 3. The zero-order valence-corrected chi connectivity index (χ0v) is 30.1. The molecule has 1 aromatic heterocycles. The SMILES string of the molecule is CCN(CC)C(=O)C1=C(C)N=c2s/c(=C/c3ccc(OCc4ccc(Cl)cc4Cl)c(OC)c3)c(=O)n2[C@H]1c1c(OC)ccc2ccccc12. The fourth-order valence-electron chi connectivity index (χ4n) is 6.12. The molecule has 1 amide bonds. The fraction of sp³-hybridized carbons (Fsp3) is 0.237. The lowest BCUT2D eigenvalue weighted by molar-refractivity contribution is -0.127. The Kier molecular flexibility index (Phi) is 10.2. The van der Waals surface area contributed by atoms with Gasteiger partial charge in [-0.05, 0) is 73.5 Å². The number of halogens is 2. The van der Waals surface area contributed by atoms with Gasteiger partial charge in [-0.25, -0.2) is 4.99 Å². The van der Waals surface area contributed by atoms with E-state index in [1.807, 2.05) is 75.4 Å². The number of hydrogen-bond acceptors (Lipinski definition) is 7. The Hall–Kier alpha value is -4.57. The molecule has 0 N–H and O–H groups in total. The average Bonchev–Trinajstić information content (AvgIpc) is 3.40. The first-order chi connectivity index (χ1) is 23.7. The Morgan fingerprint density at radius 2 is 1.69 bits per heavy atom. The minimum absolute atomic E-state index is 0.166. The van der Waals surface area contributed by atoms with Crippen molar-refractivity contribution in [2.45, 2.75) is 33.4 Å². The minimum atomic E-state index is -0.766. The van der Waals surface area contributed by atoms with Crippen molar-refractivity contribution in [1.82, 2.24) is 9.47 Å². The molecule has 0 aliphatic carbocycles. The molecule has 5 aromatic rings. The summed E-state index contributed by atoms with van der Waals surface area (Å²) in [5.41, 5.74) is 2.99. The Labute approximate surface area is 298 Å². The number of carbonyl (C=O) groups excluding carboxylic acids is 1. The molecule has 0 radical (unpaired) electrons. The molecular formula is C38H35Cl2N3O5S. The van der Waals surface area contributed by atoms with E-state index < -0.39 is 6.04 Å². The third kappa shape index (κ3) is 6.58. The van der Waals surface area contributed by atoms with Crippen molar-refractivity contribution in [1.29, 1.82) is 0 Å². The first-order valence-corrected chi connectivity index (χ1v) is 17.4. The van der Waals surface area contributed by atoms with Crippen LogP contribution in [0.15, 0.2) is 93.9 Å². The van der Waals surface area contributed by atoms with Crippen molar-refractivity contribution in [2.75, 3.05) is 27.3 Å². The standard InChI is InChI=1S/C38H35Cl2N3O5S/c1-6-42(7-2)37(45)33-22(3)41-38-43(35(33)34-27-11-9-8-10-24(27)14-17-30(34)46-4)36(44)32(49-38)19-23-12-16-29(31(18-23)47-5)48-21-25-13-15-26(39)20-28(25)40/h8-20,35H,6-7,21H2,1-5H3/b32-19+/t35-/m1/s1. The van der Waals surface area contributed by atoms with Gasteiger partial charge in [0, 0.05) is 34.3 Å². The fourth-order valence-corrected chi connectivity index (χ4v) is 7.63. The first kappa shape index (κ1) is 34.3. The number of methoxy groups -OCH3 is 2. The van der Waals surface area contributed by atoms with Gasteiger partial charge in [-0.2, -0.15) is 0 Å². The van der Waals surface area contributed by atoms with Gasteiger partial charge in [0.2, 0.25) is 0 Å². The van der Waals surface area contributed by atoms with Gasteiger partial charge in [-0.1, -0.05) is 77.0 Å². The van der Waals surface area contributed by atoms with Gasteiger partial charge in [0.25, 0.3) is 11.5 Å². The number of aromatic nitrogens is 1.